The van der Waals surface area contributed by atoms with Gasteiger partial charge >= 0.3 is 0 Å². The summed E-state index contributed by atoms with van der Waals surface area (Å²) in [4.78, 5) is 11.7. The SMILES string of the molecule is Cc1cc(N2C[C@@H](C)O[C@@H](C)C2)n2cc(-c3ccccc3)nc2n1. The largest absolute Gasteiger partial charge is 0.372 e. The average Bonchev–Trinajstić information content (AvgIpc) is 2.97. The van der Waals surface area contributed by atoms with Crippen LogP contribution in [-0.4, -0.2) is 39.7 Å². The van der Waals surface area contributed by atoms with Gasteiger partial charge in [-0.3, -0.25) is 4.40 Å². The van der Waals surface area contributed by atoms with Crippen LogP contribution in [0.1, 0.15) is 19.5 Å². The first-order valence-electron chi connectivity index (χ1n) is 8.43. The molecule has 24 heavy (non-hydrogen) atoms. The summed E-state index contributed by atoms with van der Waals surface area (Å²) in [7, 11) is 0. The van der Waals surface area contributed by atoms with Gasteiger partial charge in [0.15, 0.2) is 0 Å². The summed E-state index contributed by atoms with van der Waals surface area (Å²) in [5.74, 6) is 1.88. The van der Waals surface area contributed by atoms with E-state index in [1.807, 2.05) is 25.1 Å². The molecule has 5 nitrogen and oxygen atoms in total. The minimum absolute atomic E-state index is 0.217. The van der Waals surface area contributed by atoms with Gasteiger partial charge in [-0.1, -0.05) is 30.3 Å². The number of aryl methyl sites for hydroxylation is 1. The smallest absolute Gasteiger partial charge is 0.236 e. The molecule has 1 aliphatic heterocycles. The minimum atomic E-state index is 0.217. The van der Waals surface area contributed by atoms with Crippen molar-refractivity contribution in [1.82, 2.24) is 14.4 Å². The van der Waals surface area contributed by atoms with Gasteiger partial charge in [0.05, 0.1) is 17.9 Å². The zero-order chi connectivity index (χ0) is 16.7. The van der Waals surface area contributed by atoms with E-state index in [2.05, 4.69) is 52.5 Å². The molecule has 1 fully saturated rings. The molecular formula is C19H22N4O. The van der Waals surface area contributed by atoms with E-state index in [0.717, 1.165) is 41.6 Å². The maximum absolute atomic E-state index is 5.87. The Bertz CT molecular complexity index is 848. The summed E-state index contributed by atoms with van der Waals surface area (Å²) in [6, 6.07) is 12.4. The van der Waals surface area contributed by atoms with Crippen LogP contribution in [0.4, 0.5) is 5.82 Å². The number of ether oxygens (including phenoxy) is 1. The van der Waals surface area contributed by atoms with Crippen molar-refractivity contribution in [3.8, 4) is 11.3 Å². The fourth-order valence-corrected chi connectivity index (χ4v) is 3.42. The van der Waals surface area contributed by atoms with Gasteiger partial charge in [-0.25, -0.2) is 9.97 Å². The van der Waals surface area contributed by atoms with Crippen LogP contribution >= 0.6 is 0 Å². The lowest BCUT2D eigenvalue weighted by Gasteiger charge is -2.36. The molecule has 0 aliphatic carbocycles. The lowest BCUT2D eigenvalue weighted by Crippen LogP contribution is -2.46. The van der Waals surface area contributed by atoms with Gasteiger partial charge in [0.1, 0.15) is 5.82 Å². The summed E-state index contributed by atoms with van der Waals surface area (Å²) in [6.45, 7) is 8.02. The van der Waals surface area contributed by atoms with Gasteiger partial charge in [-0.15, -0.1) is 0 Å². The maximum atomic E-state index is 5.87. The van der Waals surface area contributed by atoms with Crippen molar-refractivity contribution in [2.45, 2.75) is 33.0 Å². The highest BCUT2D eigenvalue weighted by atomic mass is 16.5. The number of benzene rings is 1. The van der Waals surface area contributed by atoms with Gasteiger partial charge in [-0.05, 0) is 20.8 Å². The molecule has 0 amide bonds. The number of rotatable bonds is 2. The second-order valence-corrected chi connectivity index (χ2v) is 6.58. The number of fused-ring (bicyclic) bond motifs is 1. The molecule has 0 N–H and O–H groups in total. The fraction of sp³-hybridized carbons (Fsp3) is 0.368. The van der Waals surface area contributed by atoms with Crippen LogP contribution in [0.15, 0.2) is 42.6 Å². The van der Waals surface area contributed by atoms with E-state index in [0.29, 0.717) is 0 Å². The van der Waals surface area contributed by atoms with Crippen molar-refractivity contribution in [1.29, 1.82) is 0 Å². The number of imidazole rings is 1. The summed E-state index contributed by atoms with van der Waals surface area (Å²) in [6.07, 6.45) is 2.51. The predicted molar refractivity (Wildman–Crippen MR) is 95.4 cm³/mol. The van der Waals surface area contributed by atoms with Crippen molar-refractivity contribution in [2.75, 3.05) is 18.0 Å². The van der Waals surface area contributed by atoms with Crippen molar-refractivity contribution in [2.24, 2.45) is 0 Å². The van der Waals surface area contributed by atoms with Gasteiger partial charge in [0.2, 0.25) is 5.78 Å². The van der Waals surface area contributed by atoms with E-state index >= 15 is 0 Å². The lowest BCUT2D eigenvalue weighted by atomic mass is 10.2. The standard InChI is InChI=1S/C19H22N4O/c1-13-9-18(22-10-14(2)24-15(3)11-22)23-12-17(21-19(23)20-13)16-7-5-4-6-8-16/h4-9,12,14-15H,10-11H2,1-3H3/t14-,15+. The first-order valence-corrected chi connectivity index (χ1v) is 8.43. The molecule has 3 aromatic rings. The molecule has 0 bridgehead atoms. The van der Waals surface area contributed by atoms with Crippen LogP contribution in [-0.2, 0) is 4.74 Å². The Kier molecular flexibility index (Phi) is 3.73. The number of hydrogen-bond donors (Lipinski definition) is 0. The minimum Gasteiger partial charge on any atom is -0.372 e. The topological polar surface area (TPSA) is 42.7 Å². The molecule has 0 spiro atoms. The third-order valence-electron chi connectivity index (χ3n) is 4.36. The van der Waals surface area contributed by atoms with Crippen LogP contribution in [0.3, 0.4) is 0 Å². The van der Waals surface area contributed by atoms with E-state index in [-0.39, 0.29) is 12.2 Å². The number of nitrogens with zero attached hydrogens (tertiary/aromatic N) is 4. The normalized spacial score (nSPS) is 21.4. The molecule has 124 valence electrons. The number of hydrogen-bond acceptors (Lipinski definition) is 4. The Hall–Kier alpha value is -2.40. The summed E-state index contributed by atoms with van der Waals surface area (Å²) in [5, 5.41) is 0. The summed E-state index contributed by atoms with van der Waals surface area (Å²) >= 11 is 0. The van der Waals surface area contributed by atoms with E-state index < -0.39 is 0 Å². The first-order chi connectivity index (χ1) is 11.6. The van der Waals surface area contributed by atoms with Crippen molar-refractivity contribution < 1.29 is 4.74 Å². The van der Waals surface area contributed by atoms with Crippen LogP contribution in [0.5, 0.6) is 0 Å². The lowest BCUT2D eigenvalue weighted by molar-refractivity contribution is -0.00553. The Balaban J connectivity index is 1.82. The third-order valence-corrected chi connectivity index (χ3v) is 4.36. The van der Waals surface area contributed by atoms with Crippen LogP contribution in [0.25, 0.3) is 17.0 Å². The maximum Gasteiger partial charge on any atom is 0.236 e. The average molecular weight is 322 g/mol. The summed E-state index contributed by atoms with van der Waals surface area (Å²) in [5.41, 5.74) is 3.04. The van der Waals surface area contributed by atoms with Gasteiger partial charge in [-0.2, -0.15) is 0 Å². The molecule has 1 aliphatic rings. The molecule has 0 radical (unpaired) electrons. The molecule has 1 aromatic carbocycles. The number of morpholine rings is 1. The number of anilines is 1. The monoisotopic (exact) mass is 322 g/mol. The van der Waals surface area contributed by atoms with E-state index in [4.69, 9.17) is 9.72 Å². The highest BCUT2D eigenvalue weighted by Crippen LogP contribution is 2.25. The summed E-state index contributed by atoms with van der Waals surface area (Å²) < 4.78 is 7.97. The Morgan fingerprint density at radius 2 is 1.75 bits per heavy atom. The third kappa shape index (κ3) is 2.76. The Morgan fingerprint density at radius 1 is 1.04 bits per heavy atom. The van der Waals surface area contributed by atoms with Crippen LogP contribution in [0, 0.1) is 6.92 Å². The highest BCUT2D eigenvalue weighted by molar-refractivity contribution is 5.63. The van der Waals surface area contributed by atoms with E-state index in [1.165, 1.54) is 0 Å². The first kappa shape index (κ1) is 15.1. The molecule has 2 aromatic heterocycles. The Morgan fingerprint density at radius 3 is 2.46 bits per heavy atom. The molecule has 2 atom stereocenters. The second kappa shape index (κ2) is 5.91. The van der Waals surface area contributed by atoms with Crippen LogP contribution in [0.2, 0.25) is 0 Å². The van der Waals surface area contributed by atoms with Gasteiger partial charge in [0, 0.05) is 36.6 Å². The van der Waals surface area contributed by atoms with Crippen molar-refractivity contribution >= 4 is 11.6 Å². The molecule has 3 heterocycles. The van der Waals surface area contributed by atoms with Crippen LogP contribution < -0.4 is 4.90 Å². The zero-order valence-corrected chi connectivity index (χ0v) is 14.3. The molecule has 4 rings (SSSR count). The number of aromatic nitrogens is 3. The molecule has 0 saturated carbocycles. The molecule has 5 heteroatoms. The Labute approximate surface area is 141 Å². The second-order valence-electron chi connectivity index (χ2n) is 6.58. The van der Waals surface area contributed by atoms with Gasteiger partial charge < -0.3 is 9.64 Å². The molecular weight excluding hydrogens is 300 g/mol. The molecule has 1 saturated heterocycles. The van der Waals surface area contributed by atoms with E-state index in [1.54, 1.807) is 0 Å². The predicted octanol–water partition coefficient (Wildman–Crippen LogP) is 3.32. The van der Waals surface area contributed by atoms with Gasteiger partial charge in [0.25, 0.3) is 0 Å². The van der Waals surface area contributed by atoms with E-state index in [9.17, 15) is 0 Å². The fourth-order valence-electron chi connectivity index (χ4n) is 3.42. The highest BCUT2D eigenvalue weighted by Gasteiger charge is 2.24. The van der Waals surface area contributed by atoms with Crippen molar-refractivity contribution in [3.63, 3.8) is 0 Å². The quantitative estimate of drug-likeness (QED) is 0.726. The zero-order valence-electron chi connectivity index (χ0n) is 14.3. The molecule has 0 unspecified atom stereocenters. The van der Waals surface area contributed by atoms with Crippen molar-refractivity contribution in [3.05, 3.63) is 48.3 Å².